The molecule has 0 spiro atoms. The molecule has 0 fully saturated rings. The van der Waals surface area contributed by atoms with Crippen LogP contribution in [0.5, 0.6) is 0 Å². The molecule has 0 saturated heterocycles. The Hall–Kier alpha value is -1.37. The molecular weight excluding hydrogens is 170 g/mol. The zero-order chi connectivity index (χ0) is 11.0. The quantitative estimate of drug-likeness (QED) is 0.660. The van der Waals surface area contributed by atoms with E-state index in [-0.39, 0.29) is 0 Å². The van der Waals surface area contributed by atoms with E-state index in [9.17, 15) is 0 Å². The minimum absolute atomic E-state index is 0.829. The van der Waals surface area contributed by atoms with E-state index in [4.69, 9.17) is 0 Å². The second kappa shape index (κ2) is 7.07. The summed E-state index contributed by atoms with van der Waals surface area (Å²) in [4.78, 5) is 4.09. The van der Waals surface area contributed by atoms with E-state index >= 15 is 0 Å². The van der Waals surface area contributed by atoms with Crippen LogP contribution in [0.3, 0.4) is 0 Å². The number of allylic oxidation sites excluding steroid dienone is 2. The number of hydrogen-bond donors (Lipinski definition) is 0. The van der Waals surface area contributed by atoms with Crippen LogP contribution in [-0.2, 0) is 0 Å². The number of nitrogens with zero attached hydrogens (tertiary/aromatic N) is 1. The van der Waals surface area contributed by atoms with Gasteiger partial charge in [0.25, 0.3) is 0 Å². The van der Waals surface area contributed by atoms with E-state index < -0.39 is 0 Å². The van der Waals surface area contributed by atoms with Gasteiger partial charge in [0.2, 0.25) is 0 Å². The fraction of sp³-hybridized carbons (Fsp3) is 0.308. The monoisotopic (exact) mass is 189 g/mol. The standard InChI is InChI=1S/C11H13N.C2H6/c1-9(2)6-7-11-5-4-8-12-10(11)3;1-2/h4-8H,3H2,1-2H3;1-2H3/b11-7-;. The van der Waals surface area contributed by atoms with Crippen molar-refractivity contribution in [3.05, 3.63) is 40.5 Å². The van der Waals surface area contributed by atoms with Gasteiger partial charge in [-0.25, -0.2) is 0 Å². The molecule has 0 N–H and O–H groups in total. The summed E-state index contributed by atoms with van der Waals surface area (Å²) in [6, 6.07) is 3.92. The lowest BCUT2D eigenvalue weighted by atomic mass is 10.2. The fourth-order valence-corrected chi connectivity index (χ4v) is 0.859. The first kappa shape index (κ1) is 12.6. The minimum atomic E-state index is 0.829. The molecule has 0 aliphatic carbocycles. The molecule has 1 heterocycles. The van der Waals surface area contributed by atoms with Gasteiger partial charge in [-0.3, -0.25) is 4.98 Å². The molecule has 0 unspecified atom stereocenters. The summed E-state index contributed by atoms with van der Waals surface area (Å²) in [5.41, 5.74) is 1.28. The first-order chi connectivity index (χ1) is 6.70. The van der Waals surface area contributed by atoms with Crippen molar-refractivity contribution in [2.45, 2.75) is 27.7 Å². The summed E-state index contributed by atoms with van der Waals surface area (Å²) in [6.45, 7) is 12.0. The van der Waals surface area contributed by atoms with Gasteiger partial charge in [-0.1, -0.05) is 44.2 Å². The molecule has 1 aromatic rings. The smallest absolute Gasteiger partial charge is 0.0630 e. The van der Waals surface area contributed by atoms with Gasteiger partial charge in [0.1, 0.15) is 0 Å². The predicted molar refractivity (Wildman–Crippen MR) is 64.3 cm³/mol. The van der Waals surface area contributed by atoms with Crippen LogP contribution < -0.4 is 10.6 Å². The van der Waals surface area contributed by atoms with Crippen LogP contribution in [0.1, 0.15) is 27.7 Å². The summed E-state index contributed by atoms with van der Waals surface area (Å²) in [5.74, 6) is 0. The summed E-state index contributed by atoms with van der Waals surface area (Å²) in [6.07, 6.45) is 5.85. The summed E-state index contributed by atoms with van der Waals surface area (Å²) >= 11 is 0. The maximum absolute atomic E-state index is 4.09. The largest absolute Gasteiger partial charge is 0.257 e. The SMILES string of the molecule is C=c1nccc/c1=C/C=C(C)C.CC. The normalized spacial score (nSPS) is 10.1. The van der Waals surface area contributed by atoms with Crippen LogP contribution in [0, 0.1) is 0 Å². The lowest BCUT2D eigenvalue weighted by molar-refractivity contribution is 1.23. The topological polar surface area (TPSA) is 12.9 Å². The molecule has 1 heteroatoms. The maximum Gasteiger partial charge on any atom is 0.0630 e. The van der Waals surface area contributed by atoms with Crippen molar-refractivity contribution < 1.29 is 0 Å². The third kappa shape index (κ3) is 4.61. The molecule has 0 aliphatic rings. The minimum Gasteiger partial charge on any atom is -0.257 e. The highest BCUT2D eigenvalue weighted by molar-refractivity contribution is 5.38. The Morgan fingerprint density at radius 2 is 2.00 bits per heavy atom. The van der Waals surface area contributed by atoms with Gasteiger partial charge in [0.05, 0.1) is 5.35 Å². The fourth-order valence-electron chi connectivity index (χ4n) is 0.859. The van der Waals surface area contributed by atoms with Crippen molar-refractivity contribution in [1.29, 1.82) is 0 Å². The van der Waals surface area contributed by atoms with Crippen molar-refractivity contribution in [2.24, 2.45) is 0 Å². The Bertz CT molecular complexity index is 384. The van der Waals surface area contributed by atoms with Gasteiger partial charge < -0.3 is 0 Å². The van der Waals surface area contributed by atoms with Gasteiger partial charge in [0, 0.05) is 6.20 Å². The molecule has 0 atom stereocenters. The van der Waals surface area contributed by atoms with E-state index in [1.807, 2.05) is 32.1 Å². The van der Waals surface area contributed by atoms with Crippen molar-refractivity contribution in [1.82, 2.24) is 4.98 Å². The summed E-state index contributed by atoms with van der Waals surface area (Å²) in [5, 5.41) is 1.91. The van der Waals surface area contributed by atoms with Crippen LogP contribution in [0.25, 0.3) is 12.7 Å². The van der Waals surface area contributed by atoms with Crippen molar-refractivity contribution in [3.63, 3.8) is 0 Å². The van der Waals surface area contributed by atoms with Crippen LogP contribution in [0.2, 0.25) is 0 Å². The third-order valence-corrected chi connectivity index (χ3v) is 1.52. The van der Waals surface area contributed by atoms with E-state index in [2.05, 4.69) is 31.5 Å². The highest BCUT2D eigenvalue weighted by Gasteiger charge is 1.79. The number of hydrogen-bond acceptors (Lipinski definition) is 1. The van der Waals surface area contributed by atoms with Gasteiger partial charge in [0.15, 0.2) is 0 Å². The second-order valence-corrected chi connectivity index (χ2v) is 2.95. The Labute approximate surface area is 86.5 Å². The first-order valence-corrected chi connectivity index (χ1v) is 4.95. The average Bonchev–Trinajstić information content (AvgIpc) is 2.19. The molecule has 1 nitrogen and oxygen atoms in total. The summed E-state index contributed by atoms with van der Waals surface area (Å²) in [7, 11) is 0. The highest BCUT2D eigenvalue weighted by atomic mass is 14.6. The van der Waals surface area contributed by atoms with E-state index in [0.717, 1.165) is 10.6 Å². The molecule has 14 heavy (non-hydrogen) atoms. The molecule has 0 amide bonds. The molecule has 0 radical (unpaired) electrons. The lowest BCUT2D eigenvalue weighted by Gasteiger charge is -1.86. The third-order valence-electron chi connectivity index (χ3n) is 1.52. The van der Waals surface area contributed by atoms with Crippen LogP contribution in [-0.4, -0.2) is 4.98 Å². The highest BCUT2D eigenvalue weighted by Crippen LogP contribution is 1.86. The molecule has 0 saturated carbocycles. The zero-order valence-corrected chi connectivity index (χ0v) is 9.54. The number of pyridine rings is 1. The Morgan fingerprint density at radius 1 is 1.36 bits per heavy atom. The number of aromatic nitrogens is 1. The van der Waals surface area contributed by atoms with Crippen LogP contribution in [0.15, 0.2) is 30.0 Å². The van der Waals surface area contributed by atoms with Gasteiger partial charge >= 0.3 is 0 Å². The molecule has 0 bridgehead atoms. The average molecular weight is 189 g/mol. The van der Waals surface area contributed by atoms with E-state index in [0.29, 0.717) is 0 Å². The van der Waals surface area contributed by atoms with Crippen molar-refractivity contribution in [3.8, 4) is 0 Å². The second-order valence-electron chi connectivity index (χ2n) is 2.95. The van der Waals surface area contributed by atoms with E-state index in [1.165, 1.54) is 5.57 Å². The molecule has 0 aliphatic heterocycles. The lowest BCUT2D eigenvalue weighted by Crippen LogP contribution is -2.25. The molecule has 0 aromatic carbocycles. The Morgan fingerprint density at radius 3 is 2.50 bits per heavy atom. The summed E-state index contributed by atoms with van der Waals surface area (Å²) < 4.78 is 0. The molecule has 76 valence electrons. The van der Waals surface area contributed by atoms with Crippen molar-refractivity contribution >= 4 is 12.7 Å². The first-order valence-electron chi connectivity index (χ1n) is 4.95. The molecular formula is C13H19N. The number of rotatable bonds is 1. The van der Waals surface area contributed by atoms with Crippen LogP contribution >= 0.6 is 0 Å². The van der Waals surface area contributed by atoms with Crippen LogP contribution in [0.4, 0.5) is 0 Å². The van der Waals surface area contributed by atoms with Gasteiger partial charge in [-0.05, 0) is 25.1 Å². The molecule has 1 aromatic heterocycles. The van der Waals surface area contributed by atoms with Gasteiger partial charge in [-0.2, -0.15) is 0 Å². The molecule has 1 rings (SSSR count). The van der Waals surface area contributed by atoms with E-state index in [1.54, 1.807) is 6.20 Å². The zero-order valence-electron chi connectivity index (χ0n) is 9.54. The van der Waals surface area contributed by atoms with Crippen molar-refractivity contribution in [2.75, 3.05) is 0 Å². The Kier molecular flexibility index (Phi) is 6.38. The van der Waals surface area contributed by atoms with Gasteiger partial charge in [-0.15, -0.1) is 0 Å². The predicted octanol–water partition coefficient (Wildman–Crippen LogP) is 2.26. The Balaban J connectivity index is 0.000000791. The maximum atomic E-state index is 4.09.